The van der Waals surface area contributed by atoms with Crippen molar-refractivity contribution in [1.29, 1.82) is 0 Å². The lowest BCUT2D eigenvalue weighted by Crippen LogP contribution is -2.19. The molecular formula is C19H20N4O3. The average molecular weight is 352 g/mol. The minimum absolute atomic E-state index is 0.0217. The quantitative estimate of drug-likeness (QED) is 0.663. The van der Waals surface area contributed by atoms with Crippen LogP contribution in [0.1, 0.15) is 23.7 Å². The molecule has 26 heavy (non-hydrogen) atoms. The Morgan fingerprint density at radius 3 is 2.12 bits per heavy atom. The van der Waals surface area contributed by atoms with Gasteiger partial charge in [-0.15, -0.1) is 0 Å². The molecule has 1 fully saturated rings. The molecule has 0 saturated heterocycles. The SMILES string of the molecule is C[C@H]1C[C@@H]1C(=O)Nc1ccc(C(=O)Nc2cccc(NC(N)=O)c2)cc1. The van der Waals surface area contributed by atoms with E-state index in [0.717, 1.165) is 6.42 Å². The van der Waals surface area contributed by atoms with Crippen molar-refractivity contribution in [3.63, 3.8) is 0 Å². The number of primary amides is 1. The van der Waals surface area contributed by atoms with Crippen LogP contribution in [-0.2, 0) is 4.79 Å². The van der Waals surface area contributed by atoms with Gasteiger partial charge in [0.1, 0.15) is 0 Å². The number of nitrogens with two attached hydrogens (primary N) is 1. The average Bonchev–Trinajstić information content (AvgIpc) is 3.32. The summed E-state index contributed by atoms with van der Waals surface area (Å²) in [5.74, 6) is 0.266. The van der Waals surface area contributed by atoms with Crippen molar-refractivity contribution < 1.29 is 14.4 Å². The maximum atomic E-state index is 12.3. The van der Waals surface area contributed by atoms with E-state index >= 15 is 0 Å². The smallest absolute Gasteiger partial charge is 0.316 e. The number of hydrogen-bond acceptors (Lipinski definition) is 3. The van der Waals surface area contributed by atoms with E-state index in [9.17, 15) is 14.4 Å². The van der Waals surface area contributed by atoms with Crippen LogP contribution in [0.3, 0.4) is 0 Å². The summed E-state index contributed by atoms with van der Waals surface area (Å²) in [6, 6.07) is 12.7. The molecule has 0 unspecified atom stereocenters. The van der Waals surface area contributed by atoms with E-state index in [1.54, 1.807) is 48.5 Å². The molecule has 2 atom stereocenters. The number of rotatable bonds is 5. The van der Waals surface area contributed by atoms with Gasteiger partial charge in [-0.3, -0.25) is 9.59 Å². The molecule has 3 rings (SSSR count). The van der Waals surface area contributed by atoms with E-state index in [-0.39, 0.29) is 17.7 Å². The molecule has 0 aliphatic heterocycles. The molecule has 2 aromatic carbocycles. The highest BCUT2D eigenvalue weighted by molar-refractivity contribution is 6.05. The van der Waals surface area contributed by atoms with Gasteiger partial charge in [-0.25, -0.2) is 4.79 Å². The van der Waals surface area contributed by atoms with E-state index in [1.807, 2.05) is 6.92 Å². The summed E-state index contributed by atoms with van der Waals surface area (Å²) < 4.78 is 0. The van der Waals surface area contributed by atoms with Crippen LogP contribution in [0.5, 0.6) is 0 Å². The first-order valence-electron chi connectivity index (χ1n) is 8.31. The van der Waals surface area contributed by atoms with Crippen LogP contribution in [0.25, 0.3) is 0 Å². The highest BCUT2D eigenvalue weighted by Crippen LogP contribution is 2.38. The van der Waals surface area contributed by atoms with Gasteiger partial charge < -0.3 is 21.7 Å². The number of anilines is 3. The molecule has 0 bridgehead atoms. The Labute approximate surface area is 151 Å². The minimum atomic E-state index is -0.674. The molecule has 0 heterocycles. The first-order valence-corrected chi connectivity index (χ1v) is 8.31. The predicted molar refractivity (Wildman–Crippen MR) is 99.9 cm³/mol. The van der Waals surface area contributed by atoms with Gasteiger partial charge in [0, 0.05) is 28.5 Å². The van der Waals surface area contributed by atoms with Crippen LogP contribution in [0.2, 0.25) is 0 Å². The van der Waals surface area contributed by atoms with Crippen LogP contribution in [0, 0.1) is 11.8 Å². The topological polar surface area (TPSA) is 113 Å². The first-order chi connectivity index (χ1) is 12.4. The number of nitrogens with one attached hydrogen (secondary N) is 3. The van der Waals surface area contributed by atoms with Crippen molar-refractivity contribution in [3.05, 3.63) is 54.1 Å². The van der Waals surface area contributed by atoms with Crippen LogP contribution >= 0.6 is 0 Å². The monoisotopic (exact) mass is 352 g/mol. The zero-order valence-corrected chi connectivity index (χ0v) is 14.3. The minimum Gasteiger partial charge on any atom is -0.351 e. The van der Waals surface area contributed by atoms with Crippen LogP contribution in [0.4, 0.5) is 21.9 Å². The van der Waals surface area contributed by atoms with Gasteiger partial charge in [0.15, 0.2) is 0 Å². The summed E-state index contributed by atoms with van der Waals surface area (Å²) in [5, 5.41) is 8.05. The van der Waals surface area contributed by atoms with Crippen molar-refractivity contribution in [2.75, 3.05) is 16.0 Å². The van der Waals surface area contributed by atoms with Crippen molar-refractivity contribution in [2.45, 2.75) is 13.3 Å². The summed E-state index contributed by atoms with van der Waals surface area (Å²) in [4.78, 5) is 35.1. The normalized spacial score (nSPS) is 17.9. The molecule has 0 aromatic heterocycles. The van der Waals surface area contributed by atoms with E-state index in [0.29, 0.717) is 28.5 Å². The van der Waals surface area contributed by atoms with Gasteiger partial charge in [-0.05, 0) is 54.8 Å². The lowest BCUT2D eigenvalue weighted by atomic mass is 10.1. The molecule has 1 saturated carbocycles. The molecule has 1 aliphatic rings. The molecule has 134 valence electrons. The molecule has 5 N–H and O–H groups in total. The lowest BCUT2D eigenvalue weighted by molar-refractivity contribution is -0.117. The zero-order chi connectivity index (χ0) is 18.7. The summed E-state index contributed by atoms with van der Waals surface area (Å²) in [7, 11) is 0. The molecule has 7 heteroatoms. The van der Waals surface area contributed by atoms with E-state index < -0.39 is 6.03 Å². The molecule has 0 spiro atoms. The summed E-state index contributed by atoms with van der Waals surface area (Å²) in [6.07, 6.45) is 0.927. The second-order valence-electron chi connectivity index (χ2n) is 6.41. The third-order valence-electron chi connectivity index (χ3n) is 4.25. The fraction of sp³-hybridized carbons (Fsp3) is 0.211. The number of carbonyl (C=O) groups excluding carboxylic acids is 3. The fourth-order valence-electron chi connectivity index (χ4n) is 2.65. The molecule has 2 aromatic rings. The first kappa shape index (κ1) is 17.5. The Balaban J connectivity index is 1.61. The fourth-order valence-corrected chi connectivity index (χ4v) is 2.65. The second-order valence-corrected chi connectivity index (χ2v) is 6.41. The van der Waals surface area contributed by atoms with Crippen LogP contribution in [-0.4, -0.2) is 17.8 Å². The Morgan fingerprint density at radius 2 is 1.54 bits per heavy atom. The maximum Gasteiger partial charge on any atom is 0.316 e. The van der Waals surface area contributed by atoms with Gasteiger partial charge in [0.05, 0.1) is 0 Å². The maximum absolute atomic E-state index is 12.3. The Hall–Kier alpha value is -3.35. The van der Waals surface area contributed by atoms with Gasteiger partial charge >= 0.3 is 6.03 Å². The Kier molecular flexibility index (Phi) is 4.88. The van der Waals surface area contributed by atoms with Crippen molar-refractivity contribution >= 4 is 34.9 Å². The third kappa shape index (κ3) is 4.38. The molecule has 0 radical (unpaired) electrons. The Morgan fingerprint density at radius 1 is 0.923 bits per heavy atom. The highest BCUT2D eigenvalue weighted by atomic mass is 16.2. The molecule has 1 aliphatic carbocycles. The van der Waals surface area contributed by atoms with Crippen molar-refractivity contribution in [2.24, 2.45) is 17.6 Å². The number of urea groups is 1. The number of amides is 4. The van der Waals surface area contributed by atoms with E-state index in [1.165, 1.54) is 0 Å². The molecular weight excluding hydrogens is 332 g/mol. The molecule has 4 amide bonds. The van der Waals surface area contributed by atoms with E-state index in [2.05, 4.69) is 16.0 Å². The van der Waals surface area contributed by atoms with Gasteiger partial charge in [-0.1, -0.05) is 13.0 Å². The van der Waals surface area contributed by atoms with Gasteiger partial charge in [0.25, 0.3) is 5.91 Å². The predicted octanol–water partition coefficient (Wildman–Crippen LogP) is 3.02. The molecule has 7 nitrogen and oxygen atoms in total. The van der Waals surface area contributed by atoms with Crippen LogP contribution in [0.15, 0.2) is 48.5 Å². The summed E-state index contributed by atoms with van der Waals surface area (Å²) in [6.45, 7) is 2.05. The number of carbonyl (C=O) groups is 3. The lowest BCUT2D eigenvalue weighted by Gasteiger charge is -2.09. The van der Waals surface area contributed by atoms with Crippen molar-refractivity contribution in [1.82, 2.24) is 0 Å². The van der Waals surface area contributed by atoms with Gasteiger partial charge in [0.2, 0.25) is 5.91 Å². The zero-order valence-electron chi connectivity index (χ0n) is 14.3. The highest BCUT2D eigenvalue weighted by Gasteiger charge is 2.39. The summed E-state index contributed by atoms with van der Waals surface area (Å²) >= 11 is 0. The number of benzene rings is 2. The standard InChI is InChI=1S/C19H20N4O3/c1-11-9-16(11)18(25)21-13-7-5-12(6-8-13)17(24)22-14-3-2-4-15(10-14)23-19(20)26/h2-8,10-11,16H,9H2,1H3,(H,21,25)(H,22,24)(H3,20,23,26)/t11-,16-/m0/s1. The summed E-state index contributed by atoms with van der Waals surface area (Å²) in [5.41, 5.74) is 7.22. The number of hydrogen-bond donors (Lipinski definition) is 4. The second kappa shape index (κ2) is 7.26. The van der Waals surface area contributed by atoms with Gasteiger partial charge in [-0.2, -0.15) is 0 Å². The van der Waals surface area contributed by atoms with Crippen LogP contribution < -0.4 is 21.7 Å². The Bertz CT molecular complexity index is 848. The van der Waals surface area contributed by atoms with Crippen molar-refractivity contribution in [3.8, 4) is 0 Å². The van der Waals surface area contributed by atoms with E-state index in [4.69, 9.17) is 5.73 Å². The third-order valence-corrected chi connectivity index (χ3v) is 4.25. The largest absolute Gasteiger partial charge is 0.351 e.